The molecule has 0 fully saturated rings. The van der Waals surface area contributed by atoms with Gasteiger partial charge in [0.1, 0.15) is 40.8 Å². The molecule has 0 radical (unpaired) electrons. The van der Waals surface area contributed by atoms with Crippen molar-refractivity contribution in [3.63, 3.8) is 0 Å². The van der Waals surface area contributed by atoms with Crippen molar-refractivity contribution in [2.24, 2.45) is 0 Å². The first-order valence-corrected chi connectivity index (χ1v) is 20.1. The van der Waals surface area contributed by atoms with Gasteiger partial charge >= 0.3 is 0 Å². The fourth-order valence-corrected chi connectivity index (χ4v) is 9.36. The number of aromatic nitrogens is 3. The van der Waals surface area contributed by atoms with Gasteiger partial charge in [0.2, 0.25) is 17.2 Å². The summed E-state index contributed by atoms with van der Waals surface area (Å²) in [6, 6.07) is 26.3. The van der Waals surface area contributed by atoms with Crippen LogP contribution in [0.15, 0.2) is 84.9 Å². The van der Waals surface area contributed by atoms with E-state index in [9.17, 15) is 61.3 Å². The number of phenols is 12. The molecule has 15 nitrogen and oxygen atoms in total. The molecule has 0 aliphatic rings. The van der Waals surface area contributed by atoms with Gasteiger partial charge in [-0.05, 0) is 22.1 Å². The molecule has 0 saturated heterocycles. The van der Waals surface area contributed by atoms with E-state index in [1.807, 2.05) is 60.7 Å². The number of thiophene rings is 1. The summed E-state index contributed by atoms with van der Waals surface area (Å²) in [6.07, 6.45) is 0. The van der Waals surface area contributed by atoms with Crippen molar-refractivity contribution >= 4 is 71.4 Å². The van der Waals surface area contributed by atoms with E-state index in [2.05, 4.69) is 0 Å². The van der Waals surface area contributed by atoms with Gasteiger partial charge in [-0.2, -0.15) is 0 Å². The quantitative estimate of drug-likeness (QED) is 0.0648. The first-order chi connectivity index (χ1) is 30.5. The van der Waals surface area contributed by atoms with Crippen LogP contribution in [0.2, 0.25) is 0 Å². The summed E-state index contributed by atoms with van der Waals surface area (Å²) in [5.41, 5.74) is 1.01. The Morgan fingerprint density at radius 3 is 1.28 bits per heavy atom. The molecule has 314 valence electrons. The van der Waals surface area contributed by atoms with Gasteiger partial charge in [-0.3, -0.25) is 0 Å². The lowest BCUT2D eigenvalue weighted by Crippen LogP contribution is -2.21. The maximum absolute atomic E-state index is 12.0. The van der Waals surface area contributed by atoms with Crippen molar-refractivity contribution in [3.8, 4) is 137 Å². The van der Waals surface area contributed by atoms with E-state index in [0.717, 1.165) is 11.1 Å². The average Bonchev–Trinajstić information content (AvgIpc) is 3.71. The summed E-state index contributed by atoms with van der Waals surface area (Å²) in [5.74, 6) is -10.9. The highest BCUT2D eigenvalue weighted by Crippen LogP contribution is 2.62. The van der Waals surface area contributed by atoms with Crippen molar-refractivity contribution in [1.29, 1.82) is 0 Å². The molecule has 12 N–H and O–H groups in total. The van der Waals surface area contributed by atoms with Gasteiger partial charge in [0, 0.05) is 27.8 Å². The number of aromatic hydroxyl groups is 12. The average molecular weight is 871 g/mol. The minimum Gasteiger partial charge on any atom is -0.508 e. The van der Waals surface area contributed by atoms with E-state index in [0.29, 0.717) is 22.5 Å². The molecule has 0 saturated carbocycles. The number of nitrogens with zero attached hydrogens (tertiary/aromatic N) is 3. The first kappa shape index (κ1) is 40.9. The zero-order valence-electron chi connectivity index (χ0n) is 33.7. The van der Waals surface area contributed by atoms with E-state index in [4.69, 9.17) is 15.0 Å². The number of rotatable bonds is 6. The van der Waals surface area contributed by atoms with E-state index < -0.39 is 96.5 Å². The van der Waals surface area contributed by atoms with Crippen LogP contribution >= 0.6 is 11.3 Å². The molecule has 9 rings (SSSR count). The molecule has 19 heteroatoms. The summed E-state index contributed by atoms with van der Waals surface area (Å²) < 4.78 is -0.569. The Labute approximate surface area is 367 Å². The molecule has 7 aromatic carbocycles. The zero-order valence-corrected chi connectivity index (χ0v) is 34.5. The van der Waals surface area contributed by atoms with Gasteiger partial charge in [0.15, 0.2) is 52.0 Å². The van der Waals surface area contributed by atoms with Crippen LogP contribution in [0.25, 0.3) is 87.7 Å². The fourth-order valence-electron chi connectivity index (χ4n) is 8.06. The number of fused-ring (bicyclic) bond motifs is 3. The Kier molecular flexibility index (Phi) is 9.52. The summed E-state index contributed by atoms with van der Waals surface area (Å²) in [4.78, 5) is 14.3. The lowest BCUT2D eigenvalue weighted by molar-refractivity contribution is 0.351. The molecule has 9 aromatic rings. The van der Waals surface area contributed by atoms with Crippen molar-refractivity contribution in [2.45, 2.75) is 0 Å². The predicted octanol–water partition coefficient (Wildman–Crippen LogP) is 3.48. The summed E-state index contributed by atoms with van der Waals surface area (Å²) >= 11 is 0.547. The van der Waals surface area contributed by atoms with Crippen LogP contribution in [-0.2, 0) is 0 Å². The van der Waals surface area contributed by atoms with E-state index in [-0.39, 0.29) is 54.4 Å². The topological polar surface area (TPSA) is 281 Å². The molecular weight excluding hydrogens is 839 g/mol. The Morgan fingerprint density at radius 2 is 0.688 bits per heavy atom. The van der Waals surface area contributed by atoms with Crippen molar-refractivity contribution in [3.05, 3.63) is 84.9 Å². The third-order valence-corrected chi connectivity index (χ3v) is 12.6. The maximum atomic E-state index is 12.0. The van der Waals surface area contributed by atoms with Gasteiger partial charge < -0.3 is 61.3 Å². The lowest BCUT2D eigenvalue weighted by Gasteiger charge is -2.23. The first-order valence-electron chi connectivity index (χ1n) is 19.3. The zero-order chi connectivity index (χ0) is 45.6. The minimum atomic E-state index is -1.18. The Hall–Kier alpha value is -8.44. The molecule has 64 heavy (non-hydrogen) atoms. The molecule has 0 spiro atoms. The minimum absolute atomic E-state index is 0.0220. The molecule has 0 amide bonds. The van der Waals surface area contributed by atoms with Gasteiger partial charge in [-0.25, -0.2) is 15.0 Å². The summed E-state index contributed by atoms with van der Waals surface area (Å²) in [5, 5.41) is 134. The van der Waals surface area contributed by atoms with Crippen molar-refractivity contribution < 1.29 is 61.3 Å². The molecule has 0 aliphatic carbocycles. The monoisotopic (exact) mass is 871 g/mol. The largest absolute Gasteiger partial charge is 0.508 e. The second-order valence-corrected chi connectivity index (χ2v) is 16.1. The van der Waals surface area contributed by atoms with Crippen LogP contribution < -0.4 is 16.4 Å². The number of hydrogen-bond donors (Lipinski definition) is 12. The number of phenolic OH excluding ortho intramolecular Hbond substituents is 12. The van der Waals surface area contributed by atoms with E-state index in [1.54, 1.807) is 24.3 Å². The van der Waals surface area contributed by atoms with E-state index >= 15 is 0 Å². The highest BCUT2D eigenvalue weighted by molar-refractivity contribution is 7.27. The highest BCUT2D eigenvalue weighted by atomic mass is 32.1. The second-order valence-electron chi connectivity index (χ2n) is 15.1. The van der Waals surface area contributed by atoms with Crippen LogP contribution in [0.1, 0.15) is 0 Å². The molecule has 0 aliphatic heterocycles. The highest BCUT2D eigenvalue weighted by Gasteiger charge is 2.35. The van der Waals surface area contributed by atoms with Crippen LogP contribution in [0, 0.1) is 0 Å². The van der Waals surface area contributed by atoms with Crippen LogP contribution in [-0.4, -0.2) is 99.8 Å². The Morgan fingerprint density at radius 1 is 0.297 bits per heavy atom. The third kappa shape index (κ3) is 5.96. The standard InChI is InChI=1S/C45H32B3N3O12S/c46-26-19(21-30(53)27(47)20(32(55)33(21)56)22-34(57)37(60)35(58)23-24-36(59)38(61)39(62)40(63)42(24)64-41(22)23)29(52)28(48)31(54)25(26)45-50-43(17-9-5-2-6-10-17)49-44(51-45)18-13-11-16(12-14-18)15-7-3-1-4-8-15/h1-14,52-63H,46-48H2. The lowest BCUT2D eigenvalue weighted by atomic mass is 9.74. The Balaban J connectivity index is 1.27. The summed E-state index contributed by atoms with van der Waals surface area (Å²) in [6.45, 7) is 0. The van der Waals surface area contributed by atoms with Crippen LogP contribution in [0.5, 0.6) is 69.0 Å². The number of hydrogen-bond acceptors (Lipinski definition) is 16. The Bertz CT molecular complexity index is 3420. The van der Waals surface area contributed by atoms with Gasteiger partial charge in [-0.15, -0.1) is 11.3 Å². The summed E-state index contributed by atoms with van der Waals surface area (Å²) in [7, 11) is 4.12. The maximum Gasteiger partial charge on any atom is 0.205 e. The van der Waals surface area contributed by atoms with Crippen molar-refractivity contribution in [2.75, 3.05) is 0 Å². The smallest absolute Gasteiger partial charge is 0.205 e. The normalized spacial score (nSPS) is 11.4. The molecule has 2 aromatic heterocycles. The molecule has 2 heterocycles. The molecule has 0 bridgehead atoms. The molecule has 0 unspecified atom stereocenters. The third-order valence-electron chi connectivity index (χ3n) is 11.4. The molecular formula is C45H32B3N3O12S. The fraction of sp³-hybridized carbons (Fsp3) is 0. The predicted molar refractivity (Wildman–Crippen MR) is 250 cm³/mol. The van der Waals surface area contributed by atoms with Gasteiger partial charge in [0.05, 0.1) is 31.3 Å². The van der Waals surface area contributed by atoms with Gasteiger partial charge in [0.25, 0.3) is 0 Å². The van der Waals surface area contributed by atoms with Crippen LogP contribution in [0.3, 0.4) is 0 Å². The SMILES string of the molecule is Bc1c(O)c(-c2nc(-c3ccccc3)nc(-c3ccc(-c4ccccc4)cc3)n2)c(B)c(-c2c(O)c(B)c(-c3c(O)c(O)c(O)c4c3sc3c(O)c(O)c(O)c(O)c34)c(O)c2O)c1O. The second kappa shape index (κ2) is 14.9. The van der Waals surface area contributed by atoms with E-state index in [1.165, 1.54) is 23.5 Å². The van der Waals surface area contributed by atoms with Gasteiger partial charge in [-0.1, -0.05) is 90.4 Å². The van der Waals surface area contributed by atoms with Crippen LogP contribution in [0.4, 0.5) is 0 Å². The number of benzene rings is 7. The molecule has 0 atom stereocenters. The van der Waals surface area contributed by atoms with Crippen molar-refractivity contribution in [1.82, 2.24) is 15.0 Å².